The Morgan fingerprint density at radius 3 is 2.85 bits per heavy atom. The van der Waals surface area contributed by atoms with Crippen molar-refractivity contribution in [3.05, 3.63) is 29.8 Å². The summed E-state index contributed by atoms with van der Waals surface area (Å²) in [6.07, 6.45) is 0.949. The molecule has 0 fully saturated rings. The molecule has 0 radical (unpaired) electrons. The van der Waals surface area contributed by atoms with Crippen LogP contribution in [0.2, 0.25) is 0 Å². The van der Waals surface area contributed by atoms with Gasteiger partial charge in [0.1, 0.15) is 11.8 Å². The van der Waals surface area contributed by atoms with E-state index in [2.05, 4.69) is 5.32 Å². The van der Waals surface area contributed by atoms with Gasteiger partial charge < -0.3 is 19.5 Å². The van der Waals surface area contributed by atoms with Crippen LogP contribution >= 0.6 is 0 Å². The second-order valence-corrected chi connectivity index (χ2v) is 4.19. The minimum Gasteiger partial charge on any atom is -0.478 e. The molecule has 20 heavy (non-hydrogen) atoms. The molecule has 5 nitrogen and oxygen atoms in total. The molecular formula is C15H22N2O3. The summed E-state index contributed by atoms with van der Waals surface area (Å²) in [5, 5.41) is 11.9. The first kappa shape index (κ1) is 16.4. The van der Waals surface area contributed by atoms with Crippen molar-refractivity contribution >= 4 is 0 Å². The summed E-state index contributed by atoms with van der Waals surface area (Å²) < 4.78 is 15.6. The summed E-state index contributed by atoms with van der Waals surface area (Å²) in [5.74, 6) is 0.762. The van der Waals surface area contributed by atoms with Crippen molar-refractivity contribution in [2.45, 2.75) is 13.0 Å². The maximum Gasteiger partial charge on any atom is 0.174 e. The largest absolute Gasteiger partial charge is 0.478 e. The number of nitrogens with zero attached hydrogens (tertiary/aromatic N) is 1. The lowest BCUT2D eigenvalue weighted by molar-refractivity contribution is 0.0694. The molecule has 0 heterocycles. The number of nitriles is 1. The van der Waals surface area contributed by atoms with Crippen LogP contribution in [-0.4, -0.2) is 40.1 Å². The normalized spacial score (nSPS) is 10.2. The van der Waals surface area contributed by atoms with Crippen LogP contribution in [0.3, 0.4) is 0 Å². The van der Waals surface area contributed by atoms with Crippen molar-refractivity contribution in [2.75, 3.05) is 40.1 Å². The minimum atomic E-state index is 0.0738. The number of ether oxygens (including phenoxy) is 3. The number of para-hydroxylation sites is 1. The minimum absolute atomic E-state index is 0.0738. The first-order chi connectivity index (χ1) is 9.88. The van der Waals surface area contributed by atoms with Crippen LogP contribution in [0.1, 0.15) is 12.0 Å². The number of nitrogens with one attached hydrogen (secondary N) is 1. The van der Waals surface area contributed by atoms with Gasteiger partial charge in [-0.2, -0.15) is 5.26 Å². The van der Waals surface area contributed by atoms with Gasteiger partial charge in [0.2, 0.25) is 0 Å². The molecule has 0 aromatic heterocycles. The van der Waals surface area contributed by atoms with Gasteiger partial charge in [-0.15, -0.1) is 0 Å². The van der Waals surface area contributed by atoms with Gasteiger partial charge in [-0.1, -0.05) is 18.2 Å². The molecule has 0 unspecified atom stereocenters. The molecule has 0 saturated carbocycles. The summed E-state index contributed by atoms with van der Waals surface area (Å²) in [6.45, 7) is 3.67. The van der Waals surface area contributed by atoms with E-state index in [0.717, 1.165) is 37.4 Å². The molecule has 0 atom stereocenters. The van der Waals surface area contributed by atoms with Gasteiger partial charge in [0.25, 0.3) is 0 Å². The average molecular weight is 278 g/mol. The van der Waals surface area contributed by atoms with Crippen LogP contribution in [0.25, 0.3) is 0 Å². The Kier molecular flexibility index (Phi) is 9.24. The highest BCUT2D eigenvalue weighted by Crippen LogP contribution is 2.17. The molecule has 5 heteroatoms. The fraction of sp³-hybridized carbons (Fsp3) is 0.533. The summed E-state index contributed by atoms with van der Waals surface area (Å²) in [6, 6.07) is 9.71. The van der Waals surface area contributed by atoms with E-state index in [9.17, 15) is 0 Å². The van der Waals surface area contributed by atoms with Crippen LogP contribution in [0, 0.1) is 11.3 Å². The van der Waals surface area contributed by atoms with Gasteiger partial charge in [-0.05, 0) is 19.0 Å². The van der Waals surface area contributed by atoms with Crippen LogP contribution in [0.15, 0.2) is 24.3 Å². The van der Waals surface area contributed by atoms with Crippen molar-refractivity contribution < 1.29 is 14.2 Å². The monoisotopic (exact) mass is 278 g/mol. The molecule has 1 rings (SSSR count). The van der Waals surface area contributed by atoms with Crippen LogP contribution in [0.4, 0.5) is 0 Å². The van der Waals surface area contributed by atoms with E-state index in [4.69, 9.17) is 19.5 Å². The number of hydrogen-bond donors (Lipinski definition) is 1. The Morgan fingerprint density at radius 1 is 1.20 bits per heavy atom. The van der Waals surface area contributed by atoms with E-state index < -0.39 is 0 Å². The summed E-state index contributed by atoms with van der Waals surface area (Å²) in [4.78, 5) is 0. The lowest BCUT2D eigenvalue weighted by Gasteiger charge is -2.10. The molecule has 0 aliphatic heterocycles. The maximum absolute atomic E-state index is 8.54. The van der Waals surface area contributed by atoms with Gasteiger partial charge in [-0.25, -0.2) is 0 Å². The highest BCUT2D eigenvalue weighted by Gasteiger charge is 2.01. The molecule has 0 aliphatic carbocycles. The zero-order chi connectivity index (χ0) is 14.5. The Bertz CT molecular complexity index is 404. The number of methoxy groups -OCH3 is 1. The SMILES string of the molecule is COCCOCCCNCc1ccccc1OCC#N. The summed E-state index contributed by atoms with van der Waals surface area (Å²) in [5.41, 5.74) is 1.06. The highest BCUT2D eigenvalue weighted by molar-refractivity contribution is 5.33. The zero-order valence-corrected chi connectivity index (χ0v) is 11.9. The molecule has 0 amide bonds. The zero-order valence-electron chi connectivity index (χ0n) is 11.9. The quantitative estimate of drug-likeness (QED) is 0.625. The van der Waals surface area contributed by atoms with Crippen LogP contribution in [0.5, 0.6) is 5.75 Å². The number of rotatable bonds is 11. The Hall–Kier alpha value is -1.61. The van der Waals surface area contributed by atoms with Gasteiger partial charge in [0.05, 0.1) is 13.2 Å². The third-order valence-electron chi connectivity index (χ3n) is 2.65. The third kappa shape index (κ3) is 7.10. The van der Waals surface area contributed by atoms with E-state index in [0.29, 0.717) is 13.2 Å². The van der Waals surface area contributed by atoms with Crippen molar-refractivity contribution in [3.8, 4) is 11.8 Å². The fourth-order valence-corrected chi connectivity index (χ4v) is 1.67. The second-order valence-electron chi connectivity index (χ2n) is 4.19. The van der Waals surface area contributed by atoms with Crippen molar-refractivity contribution in [2.24, 2.45) is 0 Å². The molecule has 1 N–H and O–H groups in total. The number of benzene rings is 1. The molecule has 0 bridgehead atoms. The molecule has 0 aliphatic rings. The first-order valence-electron chi connectivity index (χ1n) is 6.73. The Labute approximate surface area is 120 Å². The fourth-order valence-electron chi connectivity index (χ4n) is 1.67. The van der Waals surface area contributed by atoms with Gasteiger partial charge in [-0.3, -0.25) is 0 Å². The molecule has 110 valence electrons. The first-order valence-corrected chi connectivity index (χ1v) is 6.73. The van der Waals surface area contributed by atoms with E-state index in [-0.39, 0.29) is 6.61 Å². The topological polar surface area (TPSA) is 63.5 Å². The molecule has 0 saturated heterocycles. The maximum atomic E-state index is 8.54. The molecule has 1 aromatic rings. The summed E-state index contributed by atoms with van der Waals surface area (Å²) in [7, 11) is 1.66. The van der Waals surface area contributed by atoms with Crippen molar-refractivity contribution in [1.29, 1.82) is 5.26 Å². The average Bonchev–Trinajstić information content (AvgIpc) is 2.49. The highest BCUT2D eigenvalue weighted by atomic mass is 16.5. The van der Waals surface area contributed by atoms with E-state index in [1.54, 1.807) is 7.11 Å². The lowest BCUT2D eigenvalue weighted by Crippen LogP contribution is -2.17. The predicted octanol–water partition coefficient (Wildman–Crippen LogP) is 1.73. The molecule has 0 spiro atoms. The van der Waals surface area contributed by atoms with Crippen molar-refractivity contribution in [1.82, 2.24) is 5.32 Å². The Morgan fingerprint density at radius 2 is 2.05 bits per heavy atom. The predicted molar refractivity (Wildman–Crippen MR) is 76.6 cm³/mol. The summed E-state index contributed by atoms with van der Waals surface area (Å²) >= 11 is 0. The van der Waals surface area contributed by atoms with Crippen LogP contribution in [-0.2, 0) is 16.0 Å². The standard InChI is InChI=1S/C15H22N2O3/c1-18-11-12-19-9-4-8-17-13-14-5-2-3-6-15(14)20-10-7-16/h2-3,5-6,17H,4,8-13H2,1H3. The van der Waals surface area contributed by atoms with Crippen molar-refractivity contribution in [3.63, 3.8) is 0 Å². The van der Waals surface area contributed by atoms with E-state index in [1.165, 1.54) is 0 Å². The van der Waals surface area contributed by atoms with Gasteiger partial charge in [0, 0.05) is 25.8 Å². The second kappa shape index (κ2) is 11.2. The van der Waals surface area contributed by atoms with Gasteiger partial charge >= 0.3 is 0 Å². The van der Waals surface area contributed by atoms with E-state index >= 15 is 0 Å². The Balaban J connectivity index is 2.17. The lowest BCUT2D eigenvalue weighted by atomic mass is 10.2. The molecular weight excluding hydrogens is 256 g/mol. The number of hydrogen-bond acceptors (Lipinski definition) is 5. The van der Waals surface area contributed by atoms with Crippen LogP contribution < -0.4 is 10.1 Å². The third-order valence-corrected chi connectivity index (χ3v) is 2.65. The van der Waals surface area contributed by atoms with Gasteiger partial charge in [0.15, 0.2) is 6.61 Å². The van der Waals surface area contributed by atoms with E-state index in [1.807, 2.05) is 30.3 Å². The smallest absolute Gasteiger partial charge is 0.174 e. The molecule has 1 aromatic carbocycles.